The Morgan fingerprint density at radius 3 is 0.688 bits per heavy atom. The van der Waals surface area contributed by atoms with E-state index >= 15 is 0 Å². The number of ether oxygens (including phenoxy) is 10. The van der Waals surface area contributed by atoms with Gasteiger partial charge < -0.3 is 68.2 Å². The molecule has 0 saturated heterocycles. The van der Waals surface area contributed by atoms with E-state index in [-0.39, 0.29) is 38.1 Å². The minimum atomic E-state index is -1.23. The molecule has 16 heteroatoms. The SMILES string of the molecule is CCCCCCCCCCCCC#CC#CCCCCCCCCCC(CCCCCCCCCC#CC#CCCCCCCCCCCCC)(C(=O)NCCOCCOCCOCCOCCOCCO)C(=O)NCCOCCOCCOCCOCCOCCO. The molecule has 0 fully saturated rings. The summed E-state index contributed by atoms with van der Waals surface area (Å²) in [5, 5.41) is 23.8. The molecule has 540 valence electrons. The van der Waals surface area contributed by atoms with Crippen molar-refractivity contribution < 1.29 is 67.2 Å². The lowest BCUT2D eigenvalue weighted by atomic mass is 9.75. The highest BCUT2D eigenvalue weighted by Crippen LogP contribution is 2.33. The second-order valence-electron chi connectivity index (χ2n) is 24.2. The van der Waals surface area contributed by atoms with E-state index in [1.165, 1.54) is 128 Å². The predicted octanol–water partition coefficient (Wildman–Crippen LogP) is 14.0. The molecular formula is C77H138N2O14. The van der Waals surface area contributed by atoms with Gasteiger partial charge in [0, 0.05) is 38.8 Å². The number of amides is 2. The molecule has 0 aliphatic heterocycles. The zero-order chi connectivity index (χ0) is 67.1. The summed E-state index contributed by atoms with van der Waals surface area (Å²) in [7, 11) is 0. The third-order valence-corrected chi connectivity index (χ3v) is 16.0. The second-order valence-corrected chi connectivity index (χ2v) is 24.2. The van der Waals surface area contributed by atoms with E-state index in [4.69, 9.17) is 57.6 Å². The van der Waals surface area contributed by atoms with Crippen LogP contribution in [0.3, 0.4) is 0 Å². The summed E-state index contributed by atoms with van der Waals surface area (Å²) in [6.45, 7) is 13.0. The monoisotopic (exact) mass is 1320 g/mol. The van der Waals surface area contributed by atoms with Gasteiger partial charge in [-0.05, 0) is 62.2 Å². The van der Waals surface area contributed by atoms with Crippen LogP contribution in [0.2, 0.25) is 0 Å². The third-order valence-electron chi connectivity index (χ3n) is 16.0. The van der Waals surface area contributed by atoms with Gasteiger partial charge in [-0.2, -0.15) is 0 Å². The Kier molecular flexibility index (Phi) is 76.6. The number of carbonyl (C=O) groups is 2. The Hall–Kier alpha value is -3.30. The Labute approximate surface area is 569 Å². The Bertz CT molecular complexity index is 1700. The van der Waals surface area contributed by atoms with Gasteiger partial charge in [0.25, 0.3) is 0 Å². The van der Waals surface area contributed by atoms with Gasteiger partial charge in [0.05, 0.1) is 145 Å². The Morgan fingerprint density at radius 1 is 0.269 bits per heavy atom. The second kappa shape index (κ2) is 79.4. The topological polar surface area (TPSA) is 191 Å². The van der Waals surface area contributed by atoms with Crippen molar-refractivity contribution in [3.8, 4) is 47.4 Å². The van der Waals surface area contributed by atoms with E-state index in [0.717, 1.165) is 116 Å². The molecule has 0 aromatic carbocycles. The van der Waals surface area contributed by atoms with Gasteiger partial charge in [-0.1, -0.05) is 230 Å². The molecule has 0 atom stereocenters. The third kappa shape index (κ3) is 68.4. The minimum absolute atomic E-state index is 0.00315. The highest BCUT2D eigenvalue weighted by molar-refractivity contribution is 6.05. The standard InChI is InChI=1S/C77H138N2O14/c1-3-5-7-9-11-13-15-17-19-21-23-25-27-29-31-33-35-37-39-41-43-45-47-49-77(75(82)78-51-55-84-59-63-88-67-71-92-73-69-90-65-61-86-57-53-80,76(83)79-52-56-85-60-64-89-68-72-93-74-70-91-66-62-87-58-54-81)50-48-46-44-42-40-38-36-34-32-30-28-26-24-22-20-18-16-14-12-10-8-6-4-2/h80-81H,3-24,33-74H2,1-2H3,(H,78,82)(H,79,83). The van der Waals surface area contributed by atoms with Crippen molar-refractivity contribution in [1.29, 1.82) is 0 Å². The van der Waals surface area contributed by atoms with Crippen LogP contribution in [-0.4, -0.2) is 180 Å². The fraction of sp³-hybridized carbons (Fsp3) is 0.870. The van der Waals surface area contributed by atoms with Crippen molar-refractivity contribution >= 4 is 11.8 Å². The number of nitrogens with one attached hydrogen (secondary N) is 2. The first-order chi connectivity index (χ1) is 46.1. The van der Waals surface area contributed by atoms with Crippen molar-refractivity contribution in [3.63, 3.8) is 0 Å². The van der Waals surface area contributed by atoms with E-state index in [2.05, 4.69) is 71.8 Å². The molecule has 2 amide bonds. The van der Waals surface area contributed by atoms with E-state index in [1.807, 2.05) is 0 Å². The van der Waals surface area contributed by atoms with Crippen molar-refractivity contribution in [2.24, 2.45) is 5.41 Å². The van der Waals surface area contributed by atoms with Gasteiger partial charge in [0.15, 0.2) is 0 Å². The van der Waals surface area contributed by atoms with Gasteiger partial charge in [0.2, 0.25) is 11.8 Å². The van der Waals surface area contributed by atoms with Crippen LogP contribution in [0, 0.1) is 52.8 Å². The summed E-state index contributed by atoms with van der Waals surface area (Å²) in [4.78, 5) is 29.1. The number of aliphatic hydroxyl groups excluding tert-OH is 2. The maximum Gasteiger partial charge on any atom is 0.235 e. The molecule has 0 bridgehead atoms. The van der Waals surface area contributed by atoms with E-state index < -0.39 is 5.41 Å². The number of hydrogen-bond donors (Lipinski definition) is 4. The van der Waals surface area contributed by atoms with Gasteiger partial charge in [-0.25, -0.2) is 0 Å². The molecule has 0 aromatic heterocycles. The van der Waals surface area contributed by atoms with Crippen LogP contribution >= 0.6 is 0 Å². The smallest absolute Gasteiger partial charge is 0.235 e. The van der Waals surface area contributed by atoms with Crippen LogP contribution < -0.4 is 10.6 Å². The molecule has 0 heterocycles. The Morgan fingerprint density at radius 2 is 0.462 bits per heavy atom. The first kappa shape index (κ1) is 89.7. The number of unbranched alkanes of at least 4 members (excludes halogenated alkanes) is 34. The van der Waals surface area contributed by atoms with Crippen LogP contribution in [-0.2, 0) is 57.0 Å². The van der Waals surface area contributed by atoms with Gasteiger partial charge in [0.1, 0.15) is 5.41 Å². The highest BCUT2D eigenvalue weighted by Gasteiger charge is 2.44. The van der Waals surface area contributed by atoms with Crippen LogP contribution in [0.15, 0.2) is 0 Å². The van der Waals surface area contributed by atoms with E-state index in [1.54, 1.807) is 0 Å². The first-order valence-corrected chi connectivity index (χ1v) is 37.6. The van der Waals surface area contributed by atoms with Crippen molar-refractivity contribution in [2.45, 2.75) is 271 Å². The molecule has 0 aromatic rings. The molecule has 0 spiro atoms. The molecule has 0 saturated carbocycles. The fourth-order valence-corrected chi connectivity index (χ4v) is 10.5. The van der Waals surface area contributed by atoms with Crippen LogP contribution in [0.25, 0.3) is 0 Å². The average Bonchev–Trinajstić information content (AvgIpc) is 0.945. The minimum Gasteiger partial charge on any atom is -0.394 e. The summed E-state index contributed by atoms with van der Waals surface area (Å²) < 4.78 is 55.4. The number of hydrogen-bond acceptors (Lipinski definition) is 14. The highest BCUT2D eigenvalue weighted by atomic mass is 16.6. The molecule has 16 nitrogen and oxygen atoms in total. The summed E-state index contributed by atoms with van der Waals surface area (Å²) in [6, 6.07) is 0. The molecule has 0 rings (SSSR count). The van der Waals surface area contributed by atoms with Crippen LogP contribution in [0.5, 0.6) is 0 Å². The summed E-state index contributed by atoms with van der Waals surface area (Å²) >= 11 is 0. The largest absolute Gasteiger partial charge is 0.394 e. The fourth-order valence-electron chi connectivity index (χ4n) is 10.5. The van der Waals surface area contributed by atoms with Gasteiger partial charge in [-0.3, -0.25) is 9.59 Å². The average molecular weight is 1320 g/mol. The molecule has 0 radical (unpaired) electrons. The summed E-state index contributed by atoms with van der Waals surface area (Å²) in [5.41, 5.74) is -1.23. The maximum absolute atomic E-state index is 14.6. The Balaban J connectivity index is 5.35. The molecule has 0 aliphatic rings. The van der Waals surface area contributed by atoms with Crippen LogP contribution in [0.4, 0.5) is 0 Å². The zero-order valence-electron chi connectivity index (χ0n) is 59.5. The predicted molar refractivity (Wildman–Crippen MR) is 378 cm³/mol. The number of carbonyl (C=O) groups excluding carboxylic acids is 2. The van der Waals surface area contributed by atoms with E-state index in [9.17, 15) is 9.59 Å². The van der Waals surface area contributed by atoms with E-state index in [0.29, 0.717) is 145 Å². The first-order valence-electron chi connectivity index (χ1n) is 37.6. The lowest BCUT2D eigenvalue weighted by Gasteiger charge is -2.32. The van der Waals surface area contributed by atoms with Crippen molar-refractivity contribution in [3.05, 3.63) is 0 Å². The molecule has 0 aliphatic carbocycles. The van der Waals surface area contributed by atoms with Crippen LogP contribution in [0.1, 0.15) is 271 Å². The summed E-state index contributed by atoms with van der Waals surface area (Å²) in [6.07, 6.45) is 45.7. The van der Waals surface area contributed by atoms with Crippen molar-refractivity contribution in [1.82, 2.24) is 10.6 Å². The quantitative estimate of drug-likeness (QED) is 0.0255. The lowest BCUT2D eigenvalue weighted by molar-refractivity contribution is -0.145. The zero-order valence-corrected chi connectivity index (χ0v) is 59.5. The number of rotatable bonds is 74. The maximum atomic E-state index is 14.6. The lowest BCUT2D eigenvalue weighted by Crippen LogP contribution is -2.52. The van der Waals surface area contributed by atoms with Gasteiger partial charge >= 0.3 is 0 Å². The normalized spacial score (nSPS) is 11.1. The molecule has 4 N–H and O–H groups in total. The van der Waals surface area contributed by atoms with Crippen molar-refractivity contribution in [2.75, 3.05) is 158 Å². The van der Waals surface area contributed by atoms with Gasteiger partial charge in [-0.15, -0.1) is 0 Å². The molecular weight excluding hydrogens is 1180 g/mol. The summed E-state index contributed by atoms with van der Waals surface area (Å²) in [5.74, 6) is 24.8. The molecule has 93 heavy (non-hydrogen) atoms. The molecule has 0 unspecified atom stereocenters. The number of aliphatic hydroxyl groups is 2.